The van der Waals surface area contributed by atoms with Crippen molar-refractivity contribution in [1.82, 2.24) is 19.9 Å². The van der Waals surface area contributed by atoms with E-state index in [4.69, 9.17) is 10.7 Å². The minimum Gasteiger partial charge on any atom is -0.368 e. The van der Waals surface area contributed by atoms with Gasteiger partial charge in [0.15, 0.2) is 0 Å². The zero-order valence-electron chi connectivity index (χ0n) is 16.6. The van der Waals surface area contributed by atoms with E-state index in [-0.39, 0.29) is 5.41 Å². The minimum atomic E-state index is 0.0687. The Morgan fingerprint density at radius 1 is 1.07 bits per heavy atom. The molecule has 4 rings (SSSR count). The van der Waals surface area contributed by atoms with E-state index in [0.717, 1.165) is 56.4 Å². The molecule has 1 aliphatic carbocycles. The number of hydrogen-bond donors (Lipinski definition) is 1. The van der Waals surface area contributed by atoms with E-state index < -0.39 is 0 Å². The van der Waals surface area contributed by atoms with Crippen LogP contribution in [-0.4, -0.2) is 61.2 Å². The first-order valence-corrected chi connectivity index (χ1v) is 9.48. The fraction of sp³-hybridized carbons (Fsp3) is 0.579. The van der Waals surface area contributed by atoms with E-state index in [1.807, 2.05) is 50.3 Å². The van der Waals surface area contributed by atoms with Gasteiger partial charge >= 0.3 is 0 Å². The minimum absolute atomic E-state index is 0.0687. The molecule has 0 aromatic carbocycles. The predicted molar refractivity (Wildman–Crippen MR) is 109 cm³/mol. The molecule has 1 saturated heterocycles. The summed E-state index contributed by atoms with van der Waals surface area (Å²) in [5, 5.41) is 0. The number of hydrogen-bond acceptors (Lipinski definition) is 8. The van der Waals surface area contributed by atoms with Crippen LogP contribution in [0.25, 0.3) is 0 Å². The Balaban J connectivity index is 1.68. The van der Waals surface area contributed by atoms with Crippen molar-refractivity contribution in [3.8, 4) is 0 Å². The number of aromatic nitrogens is 4. The van der Waals surface area contributed by atoms with E-state index in [2.05, 4.69) is 19.9 Å². The first-order valence-electron chi connectivity index (χ1n) is 9.48. The largest absolute Gasteiger partial charge is 0.368 e. The molecule has 0 bridgehead atoms. The molecule has 144 valence electrons. The number of piperidine rings is 1. The SMILES string of the molecule is CN(C)c1cc(N2CCCC3(CCc4cnc(N(C)C)nc43)C2)nc(N)n1. The van der Waals surface area contributed by atoms with Crippen LogP contribution in [0.4, 0.5) is 23.5 Å². The number of nitrogen functional groups attached to an aromatic ring is 1. The molecular formula is C19H28N8. The Morgan fingerprint density at radius 3 is 2.63 bits per heavy atom. The van der Waals surface area contributed by atoms with Crippen molar-refractivity contribution in [3.05, 3.63) is 23.5 Å². The number of anilines is 4. The Kier molecular flexibility index (Phi) is 4.28. The highest BCUT2D eigenvalue weighted by molar-refractivity contribution is 5.54. The van der Waals surface area contributed by atoms with E-state index in [0.29, 0.717) is 5.95 Å². The van der Waals surface area contributed by atoms with Crippen molar-refractivity contribution in [2.45, 2.75) is 31.1 Å². The first kappa shape index (κ1) is 17.8. The number of fused-ring (bicyclic) bond motifs is 2. The second kappa shape index (κ2) is 6.51. The standard InChI is InChI=1S/C19H28N8/c1-25(2)14-10-15(23-17(20)22-14)27-9-5-7-19(12-27)8-6-13-11-21-18(26(3)4)24-16(13)19/h10-11H,5-9,12H2,1-4H3,(H2,20,22,23). The van der Waals surface area contributed by atoms with Crippen LogP contribution >= 0.6 is 0 Å². The Labute approximate surface area is 160 Å². The van der Waals surface area contributed by atoms with Gasteiger partial charge in [-0.25, -0.2) is 9.97 Å². The van der Waals surface area contributed by atoms with Gasteiger partial charge < -0.3 is 20.4 Å². The van der Waals surface area contributed by atoms with Crippen molar-refractivity contribution >= 4 is 23.5 Å². The Bertz CT molecular complexity index is 846. The summed E-state index contributed by atoms with van der Waals surface area (Å²) < 4.78 is 0. The van der Waals surface area contributed by atoms with Gasteiger partial charge in [0.1, 0.15) is 11.6 Å². The molecular weight excluding hydrogens is 340 g/mol. The lowest BCUT2D eigenvalue weighted by molar-refractivity contribution is 0.333. The molecule has 2 aromatic heterocycles. The second-order valence-corrected chi connectivity index (χ2v) is 8.08. The summed E-state index contributed by atoms with van der Waals surface area (Å²) in [6.45, 7) is 1.89. The van der Waals surface area contributed by atoms with Crippen LogP contribution in [0.1, 0.15) is 30.5 Å². The summed E-state index contributed by atoms with van der Waals surface area (Å²) in [5.74, 6) is 2.84. The summed E-state index contributed by atoms with van der Waals surface area (Å²) >= 11 is 0. The van der Waals surface area contributed by atoms with Gasteiger partial charge in [0, 0.05) is 59.0 Å². The summed E-state index contributed by atoms with van der Waals surface area (Å²) in [4.78, 5) is 24.6. The zero-order chi connectivity index (χ0) is 19.2. The van der Waals surface area contributed by atoms with Gasteiger partial charge in [-0.1, -0.05) is 0 Å². The fourth-order valence-corrected chi connectivity index (χ4v) is 4.30. The third-order valence-corrected chi connectivity index (χ3v) is 5.70. The van der Waals surface area contributed by atoms with Crippen molar-refractivity contribution in [2.75, 3.05) is 61.7 Å². The lowest BCUT2D eigenvalue weighted by atomic mass is 9.77. The summed E-state index contributed by atoms with van der Waals surface area (Å²) in [6.07, 6.45) is 6.44. The fourth-order valence-electron chi connectivity index (χ4n) is 4.30. The maximum atomic E-state index is 5.98. The van der Waals surface area contributed by atoms with Gasteiger partial charge in [0.25, 0.3) is 0 Å². The molecule has 1 unspecified atom stereocenters. The molecule has 1 spiro atoms. The second-order valence-electron chi connectivity index (χ2n) is 8.08. The van der Waals surface area contributed by atoms with E-state index in [9.17, 15) is 0 Å². The molecule has 1 atom stereocenters. The molecule has 8 heteroatoms. The lowest BCUT2D eigenvalue weighted by Crippen LogP contribution is -2.46. The summed E-state index contributed by atoms with van der Waals surface area (Å²) in [7, 11) is 7.91. The van der Waals surface area contributed by atoms with Gasteiger partial charge in [-0.15, -0.1) is 0 Å². The Morgan fingerprint density at radius 2 is 1.89 bits per heavy atom. The molecule has 0 saturated carbocycles. The lowest BCUT2D eigenvalue weighted by Gasteiger charge is -2.41. The summed E-state index contributed by atoms with van der Waals surface area (Å²) in [5.41, 5.74) is 8.56. The monoisotopic (exact) mass is 368 g/mol. The third kappa shape index (κ3) is 3.13. The van der Waals surface area contributed by atoms with E-state index >= 15 is 0 Å². The number of nitrogens with zero attached hydrogens (tertiary/aromatic N) is 7. The molecule has 1 fully saturated rings. The van der Waals surface area contributed by atoms with Crippen molar-refractivity contribution in [3.63, 3.8) is 0 Å². The third-order valence-electron chi connectivity index (χ3n) is 5.70. The van der Waals surface area contributed by atoms with Gasteiger partial charge in [-0.05, 0) is 31.2 Å². The first-order chi connectivity index (χ1) is 12.9. The molecule has 0 amide bonds. The number of aryl methyl sites for hydroxylation is 1. The van der Waals surface area contributed by atoms with Crippen LogP contribution in [0, 0.1) is 0 Å². The highest BCUT2D eigenvalue weighted by atomic mass is 15.3. The number of nitrogens with two attached hydrogens (primary N) is 1. The highest BCUT2D eigenvalue weighted by Crippen LogP contribution is 2.45. The van der Waals surface area contributed by atoms with Gasteiger partial charge in [0.05, 0.1) is 5.69 Å². The molecule has 0 radical (unpaired) electrons. The highest BCUT2D eigenvalue weighted by Gasteiger charge is 2.44. The topological polar surface area (TPSA) is 87.3 Å². The van der Waals surface area contributed by atoms with Gasteiger partial charge in [0.2, 0.25) is 11.9 Å². The smallest absolute Gasteiger partial charge is 0.225 e. The van der Waals surface area contributed by atoms with Gasteiger partial charge in [-0.3, -0.25) is 0 Å². The maximum absolute atomic E-state index is 5.98. The summed E-state index contributed by atoms with van der Waals surface area (Å²) in [6, 6.07) is 2.02. The number of rotatable bonds is 3. The molecule has 27 heavy (non-hydrogen) atoms. The van der Waals surface area contributed by atoms with E-state index in [1.165, 1.54) is 11.3 Å². The van der Waals surface area contributed by atoms with Crippen LogP contribution in [-0.2, 0) is 11.8 Å². The molecule has 1 aliphatic heterocycles. The van der Waals surface area contributed by atoms with Crippen molar-refractivity contribution in [1.29, 1.82) is 0 Å². The van der Waals surface area contributed by atoms with Crippen LogP contribution in [0.2, 0.25) is 0 Å². The maximum Gasteiger partial charge on any atom is 0.225 e. The van der Waals surface area contributed by atoms with Crippen LogP contribution in [0.5, 0.6) is 0 Å². The normalized spacial score (nSPS) is 21.4. The van der Waals surface area contributed by atoms with Crippen molar-refractivity contribution < 1.29 is 0 Å². The van der Waals surface area contributed by atoms with Gasteiger partial charge in [-0.2, -0.15) is 9.97 Å². The predicted octanol–water partition coefficient (Wildman–Crippen LogP) is 1.47. The molecule has 3 heterocycles. The quantitative estimate of drug-likeness (QED) is 0.871. The van der Waals surface area contributed by atoms with Crippen molar-refractivity contribution in [2.24, 2.45) is 0 Å². The van der Waals surface area contributed by atoms with Crippen LogP contribution < -0.4 is 20.4 Å². The molecule has 2 aliphatic rings. The van der Waals surface area contributed by atoms with Crippen LogP contribution in [0.15, 0.2) is 12.3 Å². The average Bonchev–Trinajstić information content (AvgIpc) is 2.98. The van der Waals surface area contributed by atoms with Crippen LogP contribution in [0.3, 0.4) is 0 Å². The average molecular weight is 368 g/mol. The Hall–Kier alpha value is -2.64. The molecule has 2 aromatic rings. The molecule has 8 nitrogen and oxygen atoms in total. The van der Waals surface area contributed by atoms with E-state index in [1.54, 1.807) is 0 Å². The molecule has 2 N–H and O–H groups in total. The zero-order valence-corrected chi connectivity index (χ0v) is 16.6.